The number of carbonyl (C=O) groups is 2. The monoisotopic (exact) mass is 822 g/mol. The van der Waals surface area contributed by atoms with Crippen LogP contribution in [0.25, 0.3) is 22.3 Å². The van der Waals surface area contributed by atoms with Gasteiger partial charge in [0.2, 0.25) is 0 Å². The Bertz CT molecular complexity index is 2620. The van der Waals surface area contributed by atoms with E-state index in [1.807, 2.05) is 60.7 Å². The Labute approximate surface area is 324 Å². The van der Waals surface area contributed by atoms with Gasteiger partial charge in [0, 0.05) is 12.4 Å². The summed E-state index contributed by atoms with van der Waals surface area (Å²) in [5.41, 5.74) is 2.58. The molecule has 0 unspecified atom stereocenters. The second-order valence-electron chi connectivity index (χ2n) is 11.2. The van der Waals surface area contributed by atoms with Crippen LogP contribution in [0, 0.1) is 0 Å². The van der Waals surface area contributed by atoms with Crippen molar-refractivity contribution < 1.29 is 46.5 Å². The van der Waals surface area contributed by atoms with Crippen molar-refractivity contribution in [3.05, 3.63) is 143 Å². The molecule has 14 nitrogen and oxygen atoms in total. The molecule has 0 amide bonds. The number of ether oxygens (including phenoxy) is 1. The Kier molecular flexibility index (Phi) is 12.3. The number of nitrogens with zero attached hydrogens (tertiary/aromatic N) is 2. The number of pyridine rings is 2. The number of benzene rings is 4. The van der Waals surface area contributed by atoms with Gasteiger partial charge >= 0.3 is 11.9 Å². The van der Waals surface area contributed by atoms with Crippen LogP contribution in [-0.2, 0) is 20.0 Å². The van der Waals surface area contributed by atoms with Gasteiger partial charge in [0.1, 0.15) is 21.4 Å². The number of phenolic OH excluding ortho intramolecular Hbond substituents is 1. The number of nitrogens with one attached hydrogen (secondary N) is 2. The molecule has 0 bridgehead atoms. The number of carboxylic acids is 2. The van der Waals surface area contributed by atoms with Crippen molar-refractivity contribution >= 4 is 66.8 Å². The fraction of sp³-hybridized carbons (Fsp3) is 0.0270. The molecule has 0 atom stereocenters. The van der Waals surface area contributed by atoms with Crippen LogP contribution in [0.3, 0.4) is 0 Å². The Morgan fingerprint density at radius 2 is 1.02 bits per heavy atom. The maximum absolute atomic E-state index is 12.9. The number of anilines is 2. The van der Waals surface area contributed by atoms with E-state index >= 15 is 0 Å². The average Bonchev–Trinajstić information content (AvgIpc) is 3.16. The normalized spacial score (nSPS) is 11.1. The molecule has 0 saturated carbocycles. The molecule has 0 saturated heterocycles. The van der Waals surface area contributed by atoms with Crippen LogP contribution in [0.2, 0.25) is 10.0 Å². The highest BCUT2D eigenvalue weighted by Gasteiger charge is 2.26. The number of halogens is 2. The summed E-state index contributed by atoms with van der Waals surface area (Å²) in [4.78, 5) is 29.3. The quantitative estimate of drug-likeness (QED) is 0.0856. The molecule has 55 heavy (non-hydrogen) atoms. The van der Waals surface area contributed by atoms with E-state index in [-0.39, 0.29) is 38.6 Å². The van der Waals surface area contributed by atoms with Gasteiger partial charge in [0.05, 0.1) is 28.3 Å². The highest BCUT2D eigenvalue weighted by atomic mass is 35.5. The number of aromatic nitrogens is 2. The summed E-state index contributed by atoms with van der Waals surface area (Å²) in [5, 5.41) is 27.7. The number of methoxy groups -OCH3 is 1. The largest absolute Gasteiger partial charge is 0.505 e. The highest BCUT2D eigenvalue weighted by molar-refractivity contribution is 7.93. The first kappa shape index (κ1) is 40.0. The van der Waals surface area contributed by atoms with Crippen molar-refractivity contribution in [1.29, 1.82) is 0 Å². The molecular formula is C37H28Cl2N4O10S2. The fourth-order valence-electron chi connectivity index (χ4n) is 4.97. The SMILES string of the molecule is COc1c(Cl)cc(C(=O)O)cc1S(=O)(=O)Nc1cc(-c2ccccc2)ccn1.O=C(O)c1cc(Cl)c(O)c(S(=O)(=O)Nc2cc(-c3ccccc3)ccn2)c1. The van der Waals surface area contributed by atoms with E-state index in [2.05, 4.69) is 19.4 Å². The number of hydrogen-bond acceptors (Lipinski definition) is 10. The third-order valence-electron chi connectivity index (χ3n) is 7.53. The van der Waals surface area contributed by atoms with Gasteiger partial charge in [-0.15, -0.1) is 0 Å². The van der Waals surface area contributed by atoms with Gasteiger partial charge in [-0.3, -0.25) is 9.44 Å². The van der Waals surface area contributed by atoms with Gasteiger partial charge < -0.3 is 20.1 Å². The predicted molar refractivity (Wildman–Crippen MR) is 206 cm³/mol. The summed E-state index contributed by atoms with van der Waals surface area (Å²) in [6.07, 6.45) is 2.90. The van der Waals surface area contributed by atoms with Gasteiger partial charge in [0.25, 0.3) is 20.0 Å². The van der Waals surface area contributed by atoms with Crippen LogP contribution < -0.4 is 14.2 Å². The number of carboxylic acid groups (broad SMARTS) is 2. The zero-order chi connectivity index (χ0) is 39.9. The first-order valence-corrected chi connectivity index (χ1v) is 19.3. The molecule has 5 N–H and O–H groups in total. The van der Waals surface area contributed by atoms with E-state index in [0.29, 0.717) is 0 Å². The maximum atomic E-state index is 12.9. The van der Waals surface area contributed by atoms with Crippen molar-refractivity contribution in [2.75, 3.05) is 16.6 Å². The highest BCUT2D eigenvalue weighted by Crippen LogP contribution is 2.36. The summed E-state index contributed by atoms with van der Waals surface area (Å²) in [6, 6.07) is 29.1. The topological polar surface area (TPSA) is 222 Å². The van der Waals surface area contributed by atoms with E-state index in [9.17, 15) is 36.6 Å². The number of aromatic carboxylic acids is 2. The lowest BCUT2D eigenvalue weighted by atomic mass is 10.1. The third-order valence-corrected chi connectivity index (χ3v) is 10.8. The summed E-state index contributed by atoms with van der Waals surface area (Å²) in [6.45, 7) is 0. The lowest BCUT2D eigenvalue weighted by Gasteiger charge is -2.14. The van der Waals surface area contributed by atoms with E-state index in [0.717, 1.165) is 46.5 Å². The predicted octanol–water partition coefficient (Wildman–Crippen LogP) is 7.52. The lowest BCUT2D eigenvalue weighted by molar-refractivity contribution is 0.0685. The molecule has 282 valence electrons. The standard InChI is InChI=1S/C19H15ClN2O5S.C18H13ClN2O5S/c1-27-18-15(20)9-14(19(23)24)10-16(18)28(25,26)22-17-11-13(7-8-21-17)12-5-3-2-4-6-12;19-14-8-13(18(23)24)9-15(17(14)22)27(25,26)21-16-10-12(6-7-20-16)11-4-2-1-3-5-11/h2-11H,1H3,(H,21,22)(H,23,24);1-10,22H,(H,20,21)(H,23,24). The smallest absolute Gasteiger partial charge is 0.335 e. The molecule has 0 aliphatic rings. The summed E-state index contributed by atoms with van der Waals surface area (Å²) < 4.78 is 60.7. The van der Waals surface area contributed by atoms with Crippen LogP contribution in [-0.4, -0.2) is 61.2 Å². The number of sulfonamides is 2. The van der Waals surface area contributed by atoms with E-state index in [4.69, 9.17) is 33.0 Å². The van der Waals surface area contributed by atoms with Crippen molar-refractivity contribution in [1.82, 2.24) is 9.97 Å². The number of phenols is 1. The minimum atomic E-state index is -4.33. The Hall–Kier alpha value is -6.20. The minimum absolute atomic E-state index is 0.00704. The van der Waals surface area contributed by atoms with Crippen molar-refractivity contribution in [2.45, 2.75) is 9.79 Å². The van der Waals surface area contributed by atoms with Gasteiger partial charge in [0.15, 0.2) is 11.5 Å². The molecule has 0 aliphatic carbocycles. The minimum Gasteiger partial charge on any atom is -0.505 e. The summed E-state index contributed by atoms with van der Waals surface area (Å²) >= 11 is 11.8. The van der Waals surface area contributed by atoms with Crippen molar-refractivity contribution in [3.63, 3.8) is 0 Å². The first-order chi connectivity index (χ1) is 26.1. The van der Waals surface area contributed by atoms with Gasteiger partial charge in [-0.05, 0) is 70.8 Å². The lowest BCUT2D eigenvalue weighted by Crippen LogP contribution is -2.16. The zero-order valence-corrected chi connectivity index (χ0v) is 31.4. The molecular weight excluding hydrogens is 795 g/mol. The molecule has 2 aromatic heterocycles. The molecule has 18 heteroatoms. The maximum Gasteiger partial charge on any atom is 0.335 e. The fourth-order valence-corrected chi connectivity index (χ4v) is 7.96. The zero-order valence-electron chi connectivity index (χ0n) is 28.2. The van der Waals surface area contributed by atoms with Crippen LogP contribution in [0.5, 0.6) is 11.5 Å². The van der Waals surface area contributed by atoms with E-state index in [1.54, 1.807) is 18.2 Å². The van der Waals surface area contributed by atoms with Crippen molar-refractivity contribution in [2.24, 2.45) is 0 Å². The molecule has 0 aliphatic heterocycles. The van der Waals surface area contributed by atoms with Crippen LogP contribution in [0.4, 0.5) is 11.6 Å². The Morgan fingerprint density at radius 3 is 1.45 bits per heavy atom. The molecule has 6 aromatic rings. The Morgan fingerprint density at radius 1 is 0.600 bits per heavy atom. The van der Waals surface area contributed by atoms with Crippen molar-refractivity contribution in [3.8, 4) is 33.8 Å². The molecule has 0 fully saturated rings. The Balaban J connectivity index is 0.000000211. The van der Waals surface area contributed by atoms with Crippen LogP contribution in [0.1, 0.15) is 20.7 Å². The average molecular weight is 824 g/mol. The second-order valence-corrected chi connectivity index (χ2v) is 15.3. The van der Waals surface area contributed by atoms with Crippen LogP contribution in [0.15, 0.2) is 131 Å². The molecule has 0 spiro atoms. The van der Waals surface area contributed by atoms with E-state index in [1.165, 1.54) is 25.6 Å². The molecule has 2 heterocycles. The van der Waals surface area contributed by atoms with Gasteiger partial charge in [-0.1, -0.05) is 83.9 Å². The first-order valence-electron chi connectivity index (χ1n) is 15.5. The van der Waals surface area contributed by atoms with Gasteiger partial charge in [-0.2, -0.15) is 0 Å². The third kappa shape index (κ3) is 9.68. The van der Waals surface area contributed by atoms with Crippen LogP contribution >= 0.6 is 23.2 Å². The second kappa shape index (κ2) is 16.9. The number of hydrogen-bond donors (Lipinski definition) is 5. The number of aromatic hydroxyl groups is 1. The molecule has 0 radical (unpaired) electrons. The van der Waals surface area contributed by atoms with E-state index < -0.39 is 47.5 Å². The molecule has 4 aromatic carbocycles. The summed E-state index contributed by atoms with van der Waals surface area (Å²) in [5.74, 6) is -3.51. The number of rotatable bonds is 11. The van der Waals surface area contributed by atoms with Gasteiger partial charge in [-0.25, -0.2) is 36.4 Å². The summed E-state index contributed by atoms with van der Waals surface area (Å²) in [7, 11) is -7.31. The molecule has 6 rings (SSSR count).